The van der Waals surface area contributed by atoms with E-state index in [0.29, 0.717) is 11.8 Å². The molecule has 0 amide bonds. The van der Waals surface area contributed by atoms with Gasteiger partial charge in [-0.25, -0.2) is 0 Å². The monoisotopic (exact) mass is 321 g/mol. The Hall–Kier alpha value is 0.274. The molecule has 0 bridgehead atoms. The number of rotatable bonds is 12. The maximum absolute atomic E-state index is 5.53. The zero-order valence-corrected chi connectivity index (χ0v) is 16.5. The van der Waals surface area contributed by atoms with Gasteiger partial charge in [0.25, 0.3) is 0 Å². The average Bonchev–Trinajstić information content (AvgIpc) is 2.51. The van der Waals surface area contributed by atoms with Crippen molar-refractivity contribution in [3.8, 4) is 0 Å². The molecule has 1 unspecified atom stereocenters. The summed E-state index contributed by atoms with van der Waals surface area (Å²) in [5.41, 5.74) is 0.625. The van der Waals surface area contributed by atoms with Gasteiger partial charge in [-0.2, -0.15) is 0 Å². The van der Waals surface area contributed by atoms with Gasteiger partial charge in [0, 0.05) is 27.0 Å². The molecular weight excluding hydrogens is 286 g/mol. The Morgan fingerprint density at radius 1 is 0.850 bits per heavy atom. The maximum atomic E-state index is 5.53. The van der Waals surface area contributed by atoms with E-state index >= 15 is 0 Å². The second kappa shape index (κ2) is 10.1. The first-order valence-corrected chi connectivity index (χ1v) is 12.5. The predicted molar refractivity (Wildman–Crippen MR) is 90.7 cm³/mol. The Balaban J connectivity index is 4.93. The topological polar surface area (TPSA) is 39.7 Å². The Bertz CT molecular complexity index is 230. The summed E-state index contributed by atoms with van der Waals surface area (Å²) in [6.07, 6.45) is 3.16. The Labute approximate surface area is 128 Å². The zero-order chi connectivity index (χ0) is 15.6. The molecule has 0 aliphatic heterocycles. The van der Waals surface area contributed by atoms with Crippen LogP contribution < -0.4 is 5.32 Å². The highest BCUT2D eigenvalue weighted by molar-refractivity contribution is 6.81. The van der Waals surface area contributed by atoms with Crippen LogP contribution in [0.3, 0.4) is 0 Å². The van der Waals surface area contributed by atoms with E-state index in [4.69, 9.17) is 13.3 Å². The van der Waals surface area contributed by atoms with Crippen molar-refractivity contribution in [2.24, 2.45) is 0 Å². The van der Waals surface area contributed by atoms with Crippen LogP contribution in [0.15, 0.2) is 0 Å². The van der Waals surface area contributed by atoms with Crippen molar-refractivity contribution in [2.45, 2.75) is 64.3 Å². The zero-order valence-electron chi connectivity index (χ0n) is 14.5. The van der Waals surface area contributed by atoms with Gasteiger partial charge in [-0.05, 0) is 6.42 Å². The van der Waals surface area contributed by atoms with Gasteiger partial charge in [-0.15, -0.1) is 0 Å². The Morgan fingerprint density at radius 3 is 1.60 bits per heavy atom. The smallest absolute Gasteiger partial charge is 0.376 e. The van der Waals surface area contributed by atoms with E-state index in [2.05, 4.69) is 33.0 Å². The molecule has 1 N–H and O–H groups in total. The summed E-state index contributed by atoms with van der Waals surface area (Å²) < 4.78 is 16.6. The van der Waals surface area contributed by atoms with E-state index in [1.54, 1.807) is 21.3 Å². The summed E-state index contributed by atoms with van der Waals surface area (Å²) in [5.74, 6) is 0. The molecule has 0 aromatic heterocycles. The first-order valence-electron chi connectivity index (χ1n) is 7.92. The second-order valence-electron chi connectivity index (χ2n) is 5.44. The van der Waals surface area contributed by atoms with Crippen LogP contribution in [0.1, 0.15) is 40.5 Å². The maximum Gasteiger partial charge on any atom is 0.514 e. The van der Waals surface area contributed by atoms with Crippen LogP contribution in [-0.4, -0.2) is 50.0 Å². The molecule has 4 nitrogen and oxygen atoms in total. The first kappa shape index (κ1) is 20.3. The van der Waals surface area contributed by atoms with Crippen LogP contribution >= 0.6 is 0 Å². The highest BCUT2D eigenvalue weighted by atomic mass is 28.4. The van der Waals surface area contributed by atoms with E-state index < -0.39 is 16.9 Å². The molecule has 0 aromatic carbocycles. The minimum Gasteiger partial charge on any atom is -0.376 e. The lowest BCUT2D eigenvalue weighted by Crippen LogP contribution is -2.60. The summed E-state index contributed by atoms with van der Waals surface area (Å²) in [4.78, 5) is 0. The minimum absolute atomic E-state index is 0.625. The molecule has 0 heterocycles. The predicted octanol–water partition coefficient (Wildman–Crippen LogP) is 3.21. The van der Waals surface area contributed by atoms with Crippen LogP contribution in [0.2, 0.25) is 18.1 Å². The molecule has 0 rings (SSSR count). The summed E-state index contributed by atoms with van der Waals surface area (Å²) in [6.45, 7) is 9.34. The second-order valence-corrected chi connectivity index (χ2v) is 13.9. The lowest BCUT2D eigenvalue weighted by molar-refractivity contribution is 0.121. The molecule has 0 radical (unpaired) electrons. The molecule has 0 aromatic rings. The van der Waals surface area contributed by atoms with Crippen molar-refractivity contribution in [1.29, 1.82) is 0 Å². The van der Waals surface area contributed by atoms with Crippen LogP contribution in [0.5, 0.6) is 0 Å². The molecule has 0 saturated carbocycles. The van der Waals surface area contributed by atoms with Crippen molar-refractivity contribution in [3.05, 3.63) is 0 Å². The van der Waals surface area contributed by atoms with Crippen molar-refractivity contribution in [1.82, 2.24) is 5.32 Å². The third-order valence-corrected chi connectivity index (χ3v) is 13.6. The average molecular weight is 322 g/mol. The van der Waals surface area contributed by atoms with E-state index in [1.165, 1.54) is 31.0 Å². The van der Waals surface area contributed by atoms with Gasteiger partial charge < -0.3 is 18.6 Å². The molecule has 0 saturated heterocycles. The van der Waals surface area contributed by atoms with Gasteiger partial charge >= 0.3 is 8.80 Å². The third kappa shape index (κ3) is 4.92. The molecule has 0 spiro atoms. The standard InChI is InChI=1S/C14H35NO3Si2/c1-8-12-14(19(9-2,10-3)11-4)15-13-20(16-5,17-6)18-7/h14-15H,8-13H2,1-7H3. The van der Waals surface area contributed by atoms with Gasteiger partial charge in [-0.3, -0.25) is 0 Å². The van der Waals surface area contributed by atoms with Gasteiger partial charge in [0.15, 0.2) is 0 Å². The Kier molecular flexibility index (Phi) is 10.2. The lowest BCUT2D eigenvalue weighted by atomic mass is 10.3. The number of hydrogen-bond acceptors (Lipinski definition) is 4. The fourth-order valence-corrected chi connectivity index (χ4v) is 9.17. The van der Waals surface area contributed by atoms with Gasteiger partial charge in [0.1, 0.15) is 0 Å². The molecule has 20 heavy (non-hydrogen) atoms. The highest BCUT2D eigenvalue weighted by Crippen LogP contribution is 2.27. The Morgan fingerprint density at radius 2 is 1.30 bits per heavy atom. The fraction of sp³-hybridized carbons (Fsp3) is 1.00. The normalized spacial score (nSPS) is 14.6. The van der Waals surface area contributed by atoms with E-state index in [-0.39, 0.29) is 0 Å². The number of nitrogens with one attached hydrogen (secondary N) is 1. The highest BCUT2D eigenvalue weighted by Gasteiger charge is 2.42. The van der Waals surface area contributed by atoms with Crippen LogP contribution in [0.4, 0.5) is 0 Å². The first-order chi connectivity index (χ1) is 9.53. The minimum atomic E-state index is -2.52. The summed E-state index contributed by atoms with van der Waals surface area (Å²) in [6, 6.07) is 4.00. The van der Waals surface area contributed by atoms with E-state index in [0.717, 1.165) is 0 Å². The van der Waals surface area contributed by atoms with Crippen molar-refractivity contribution < 1.29 is 13.3 Å². The van der Waals surface area contributed by atoms with Crippen LogP contribution in [-0.2, 0) is 13.3 Å². The van der Waals surface area contributed by atoms with Crippen LogP contribution in [0, 0.1) is 0 Å². The molecule has 0 aliphatic carbocycles. The lowest BCUT2D eigenvalue weighted by Gasteiger charge is -2.39. The van der Waals surface area contributed by atoms with Gasteiger partial charge in [-0.1, -0.05) is 52.2 Å². The molecule has 122 valence electrons. The van der Waals surface area contributed by atoms with Gasteiger partial charge in [0.05, 0.1) is 14.2 Å². The quantitative estimate of drug-likeness (QED) is 0.560. The van der Waals surface area contributed by atoms with Crippen molar-refractivity contribution in [2.75, 3.05) is 27.5 Å². The SMILES string of the molecule is CCCC(NC[Si](OC)(OC)OC)[Si](CC)(CC)CC. The largest absolute Gasteiger partial charge is 0.514 e. The van der Waals surface area contributed by atoms with Gasteiger partial charge in [0.2, 0.25) is 0 Å². The summed E-state index contributed by atoms with van der Waals surface area (Å²) in [5, 5.41) is 3.76. The third-order valence-electron chi connectivity index (χ3n) is 4.93. The van der Waals surface area contributed by atoms with Crippen molar-refractivity contribution >= 4 is 16.9 Å². The van der Waals surface area contributed by atoms with E-state index in [1.807, 2.05) is 0 Å². The molecule has 0 aliphatic rings. The fourth-order valence-electron chi connectivity index (χ4n) is 3.12. The van der Waals surface area contributed by atoms with E-state index in [9.17, 15) is 0 Å². The molecule has 6 heteroatoms. The number of hydrogen-bond donors (Lipinski definition) is 1. The summed E-state index contributed by atoms with van der Waals surface area (Å²) in [7, 11) is 1.26. The molecule has 0 fully saturated rings. The molecule has 1 atom stereocenters. The molecular formula is C14H35NO3Si2. The van der Waals surface area contributed by atoms with Crippen LogP contribution in [0.25, 0.3) is 0 Å². The van der Waals surface area contributed by atoms with Crippen molar-refractivity contribution in [3.63, 3.8) is 0 Å². The summed E-state index contributed by atoms with van der Waals surface area (Å²) >= 11 is 0.